The van der Waals surface area contributed by atoms with Crippen molar-refractivity contribution >= 4 is 11.9 Å². The molecule has 0 bridgehead atoms. The van der Waals surface area contributed by atoms with Crippen LogP contribution in [0.2, 0.25) is 0 Å². The van der Waals surface area contributed by atoms with Gasteiger partial charge >= 0.3 is 5.97 Å². The summed E-state index contributed by atoms with van der Waals surface area (Å²) in [6.45, 7) is 0.917. The molecule has 1 rings (SSSR count). The quantitative estimate of drug-likeness (QED) is 0.572. The highest BCUT2D eigenvalue weighted by Gasteiger charge is 2.31. The van der Waals surface area contributed by atoms with Crippen LogP contribution >= 0.6 is 0 Å². The van der Waals surface area contributed by atoms with Gasteiger partial charge in [0.2, 0.25) is 5.91 Å². The summed E-state index contributed by atoms with van der Waals surface area (Å²) in [5.74, 6) is -1.05. The molecule has 3 N–H and O–H groups in total. The molecule has 0 heterocycles. The predicted octanol–water partition coefficient (Wildman–Crippen LogP) is -0.262. The molecule has 0 aliphatic heterocycles. The lowest BCUT2D eigenvalue weighted by molar-refractivity contribution is -0.156. The summed E-state index contributed by atoms with van der Waals surface area (Å²) in [6.07, 6.45) is 2.58. The molecule has 5 nitrogen and oxygen atoms in total. The van der Waals surface area contributed by atoms with Crippen molar-refractivity contribution in [2.24, 2.45) is 5.92 Å². The van der Waals surface area contributed by atoms with E-state index in [2.05, 4.69) is 5.32 Å². The number of hydrogen-bond acceptors (Lipinski definition) is 3. The first-order valence-corrected chi connectivity index (χ1v) is 4.64. The third-order valence-electron chi connectivity index (χ3n) is 2.26. The van der Waals surface area contributed by atoms with Gasteiger partial charge in [-0.15, -0.1) is 0 Å². The lowest BCUT2D eigenvalue weighted by Crippen LogP contribution is -2.46. The van der Waals surface area contributed by atoms with Crippen molar-refractivity contribution in [3.05, 3.63) is 0 Å². The van der Waals surface area contributed by atoms with Gasteiger partial charge in [-0.2, -0.15) is 0 Å². The van der Waals surface area contributed by atoms with E-state index >= 15 is 0 Å². The van der Waals surface area contributed by atoms with Crippen molar-refractivity contribution < 1.29 is 19.8 Å². The average Bonchev–Trinajstić information content (AvgIpc) is 2.85. The lowest BCUT2D eigenvalue weighted by atomic mass is 10.1. The summed E-state index contributed by atoms with van der Waals surface area (Å²) in [5.41, 5.74) is -1.88. The van der Waals surface area contributed by atoms with E-state index in [0.717, 1.165) is 19.8 Å². The molecule has 0 saturated heterocycles. The standard InChI is InChI=1S/C9H15NO4/c1-9(14,8(12)13)5-10-7(11)4-6-2-3-6/h6,14H,2-5H2,1H3,(H,10,11)(H,12,13). The maximum atomic E-state index is 11.1. The fraction of sp³-hybridized carbons (Fsp3) is 0.778. The molecule has 1 amide bonds. The van der Waals surface area contributed by atoms with Gasteiger partial charge in [-0.25, -0.2) is 4.79 Å². The summed E-state index contributed by atoms with van der Waals surface area (Å²) >= 11 is 0. The fourth-order valence-corrected chi connectivity index (χ4v) is 1.00. The maximum absolute atomic E-state index is 11.1. The monoisotopic (exact) mass is 201 g/mol. The Hall–Kier alpha value is -1.10. The zero-order valence-corrected chi connectivity index (χ0v) is 8.12. The number of rotatable bonds is 5. The highest BCUT2D eigenvalue weighted by molar-refractivity contribution is 5.80. The van der Waals surface area contributed by atoms with Gasteiger partial charge in [0, 0.05) is 6.42 Å². The van der Waals surface area contributed by atoms with Gasteiger partial charge in [0.15, 0.2) is 5.60 Å². The van der Waals surface area contributed by atoms with Gasteiger partial charge in [0.1, 0.15) is 0 Å². The van der Waals surface area contributed by atoms with E-state index in [-0.39, 0.29) is 12.5 Å². The van der Waals surface area contributed by atoms with Crippen LogP contribution in [-0.2, 0) is 9.59 Å². The molecule has 1 fully saturated rings. The van der Waals surface area contributed by atoms with Crippen molar-refractivity contribution in [1.82, 2.24) is 5.32 Å². The lowest BCUT2D eigenvalue weighted by Gasteiger charge is -2.18. The zero-order valence-electron chi connectivity index (χ0n) is 8.12. The molecular weight excluding hydrogens is 186 g/mol. The van der Waals surface area contributed by atoms with Crippen molar-refractivity contribution in [3.63, 3.8) is 0 Å². The summed E-state index contributed by atoms with van der Waals surface area (Å²) in [7, 11) is 0. The topological polar surface area (TPSA) is 86.6 Å². The first-order chi connectivity index (χ1) is 6.42. The molecule has 5 heteroatoms. The largest absolute Gasteiger partial charge is 0.479 e. The first-order valence-electron chi connectivity index (χ1n) is 4.64. The van der Waals surface area contributed by atoms with Crippen molar-refractivity contribution in [3.8, 4) is 0 Å². The third kappa shape index (κ3) is 3.33. The molecule has 14 heavy (non-hydrogen) atoms. The Labute approximate surface area is 82.1 Å². The second-order valence-corrected chi connectivity index (χ2v) is 4.00. The van der Waals surface area contributed by atoms with E-state index in [1.165, 1.54) is 0 Å². The Morgan fingerprint density at radius 2 is 2.07 bits per heavy atom. The Morgan fingerprint density at radius 3 is 2.50 bits per heavy atom. The van der Waals surface area contributed by atoms with Crippen LogP contribution in [0.25, 0.3) is 0 Å². The molecule has 1 saturated carbocycles. The zero-order chi connectivity index (χ0) is 10.8. The minimum absolute atomic E-state index is 0.186. The van der Waals surface area contributed by atoms with Crippen molar-refractivity contribution in [2.75, 3.05) is 6.54 Å². The molecule has 1 unspecified atom stereocenters. The highest BCUT2D eigenvalue weighted by Crippen LogP contribution is 2.32. The van der Waals surface area contributed by atoms with E-state index in [4.69, 9.17) is 5.11 Å². The van der Waals surface area contributed by atoms with Crippen LogP contribution in [0.15, 0.2) is 0 Å². The van der Waals surface area contributed by atoms with Crippen LogP contribution < -0.4 is 5.32 Å². The van der Waals surface area contributed by atoms with E-state index < -0.39 is 11.6 Å². The van der Waals surface area contributed by atoms with E-state index in [1.807, 2.05) is 0 Å². The molecule has 1 atom stereocenters. The fourth-order valence-electron chi connectivity index (χ4n) is 1.00. The van der Waals surface area contributed by atoms with E-state index in [0.29, 0.717) is 12.3 Å². The molecule has 0 aromatic rings. The van der Waals surface area contributed by atoms with Crippen LogP contribution in [-0.4, -0.2) is 34.2 Å². The number of amides is 1. The Kier molecular flexibility index (Phi) is 3.10. The van der Waals surface area contributed by atoms with Crippen molar-refractivity contribution in [1.29, 1.82) is 0 Å². The van der Waals surface area contributed by atoms with Gasteiger partial charge in [-0.05, 0) is 25.7 Å². The molecule has 80 valence electrons. The highest BCUT2D eigenvalue weighted by atomic mass is 16.4. The van der Waals surface area contributed by atoms with Crippen molar-refractivity contribution in [2.45, 2.75) is 31.8 Å². The third-order valence-corrected chi connectivity index (χ3v) is 2.26. The van der Waals surface area contributed by atoms with Gasteiger partial charge < -0.3 is 15.5 Å². The summed E-state index contributed by atoms with van der Waals surface area (Å²) in [5, 5.41) is 20.2. The van der Waals surface area contributed by atoms with Gasteiger partial charge in [0.05, 0.1) is 6.54 Å². The number of carbonyl (C=O) groups excluding carboxylic acids is 1. The average molecular weight is 201 g/mol. The van der Waals surface area contributed by atoms with E-state index in [1.54, 1.807) is 0 Å². The molecule has 1 aliphatic carbocycles. The molecule has 1 aliphatic rings. The van der Waals surface area contributed by atoms with Crippen LogP contribution in [0, 0.1) is 5.92 Å². The van der Waals surface area contributed by atoms with Gasteiger partial charge in [-0.3, -0.25) is 4.79 Å². The predicted molar refractivity (Wildman–Crippen MR) is 48.6 cm³/mol. The number of carboxylic acid groups (broad SMARTS) is 1. The first kappa shape index (κ1) is 11.0. The molecule has 0 spiro atoms. The molecule has 0 aromatic heterocycles. The summed E-state index contributed by atoms with van der Waals surface area (Å²) in [6, 6.07) is 0. The molecule has 0 aromatic carbocycles. The van der Waals surface area contributed by atoms with Gasteiger partial charge in [-0.1, -0.05) is 0 Å². The second-order valence-electron chi connectivity index (χ2n) is 4.00. The SMILES string of the molecule is CC(O)(CNC(=O)CC1CC1)C(=O)O. The van der Waals surface area contributed by atoms with E-state index in [9.17, 15) is 14.7 Å². The van der Waals surface area contributed by atoms with Gasteiger partial charge in [0.25, 0.3) is 0 Å². The number of carbonyl (C=O) groups is 2. The Balaban J connectivity index is 2.24. The van der Waals surface area contributed by atoms with Crippen LogP contribution in [0.4, 0.5) is 0 Å². The summed E-state index contributed by atoms with van der Waals surface area (Å²) < 4.78 is 0. The molecule has 0 radical (unpaired) electrons. The smallest absolute Gasteiger partial charge is 0.337 e. The number of nitrogens with one attached hydrogen (secondary N) is 1. The number of aliphatic hydroxyl groups is 1. The van der Waals surface area contributed by atoms with Crippen LogP contribution in [0.3, 0.4) is 0 Å². The maximum Gasteiger partial charge on any atom is 0.337 e. The number of aliphatic carboxylic acids is 1. The van der Waals surface area contributed by atoms with Crippen LogP contribution in [0.5, 0.6) is 0 Å². The normalized spacial score (nSPS) is 19.9. The number of hydrogen-bond donors (Lipinski definition) is 3. The summed E-state index contributed by atoms with van der Waals surface area (Å²) in [4.78, 5) is 21.6. The Morgan fingerprint density at radius 1 is 1.50 bits per heavy atom. The second kappa shape index (κ2) is 3.96. The Bertz CT molecular complexity index is 245. The molecular formula is C9H15NO4. The van der Waals surface area contributed by atoms with Crippen LogP contribution in [0.1, 0.15) is 26.2 Å². The minimum atomic E-state index is -1.88. The number of carboxylic acids is 1. The minimum Gasteiger partial charge on any atom is -0.479 e.